The van der Waals surface area contributed by atoms with E-state index in [9.17, 15) is 4.79 Å². The molecule has 0 spiro atoms. The second-order valence-corrected chi connectivity index (χ2v) is 6.60. The number of hydrogen-bond acceptors (Lipinski definition) is 4. The van der Waals surface area contributed by atoms with Crippen molar-refractivity contribution in [2.24, 2.45) is 11.8 Å². The van der Waals surface area contributed by atoms with Gasteiger partial charge >= 0.3 is 5.97 Å². The van der Waals surface area contributed by atoms with E-state index in [1.165, 1.54) is 45.4 Å². The summed E-state index contributed by atoms with van der Waals surface area (Å²) in [6, 6.07) is 0. The monoisotopic (exact) mass is 314 g/mol. The smallest absolute Gasteiger partial charge is 0.303 e. The van der Waals surface area contributed by atoms with Crippen LogP contribution in [-0.2, 0) is 19.0 Å². The Hall–Kier alpha value is -0.610. The Kier molecular flexibility index (Phi) is 9.73. The van der Waals surface area contributed by atoms with Crippen LogP contribution in [0.4, 0.5) is 0 Å². The van der Waals surface area contributed by atoms with E-state index < -0.39 is 6.29 Å². The zero-order valence-electron chi connectivity index (χ0n) is 14.8. The van der Waals surface area contributed by atoms with E-state index in [1.54, 1.807) is 0 Å². The van der Waals surface area contributed by atoms with Crippen molar-refractivity contribution >= 4 is 5.97 Å². The lowest BCUT2D eigenvalue weighted by Crippen LogP contribution is -2.48. The third-order valence-electron chi connectivity index (χ3n) is 4.54. The lowest BCUT2D eigenvalue weighted by Gasteiger charge is -2.39. The average Bonchev–Trinajstić information content (AvgIpc) is 2.48. The van der Waals surface area contributed by atoms with Gasteiger partial charge in [0, 0.05) is 19.4 Å². The molecule has 4 nitrogen and oxygen atoms in total. The third-order valence-corrected chi connectivity index (χ3v) is 4.54. The van der Waals surface area contributed by atoms with E-state index in [-0.39, 0.29) is 18.0 Å². The molecule has 1 saturated heterocycles. The number of hydrogen-bond donors (Lipinski definition) is 0. The van der Waals surface area contributed by atoms with Gasteiger partial charge in [-0.15, -0.1) is 0 Å². The summed E-state index contributed by atoms with van der Waals surface area (Å²) in [5, 5.41) is 0. The molecular weight excluding hydrogens is 280 g/mol. The summed E-state index contributed by atoms with van der Waals surface area (Å²) in [4.78, 5) is 11.3. The Morgan fingerprint density at radius 1 is 1.09 bits per heavy atom. The van der Waals surface area contributed by atoms with Crippen LogP contribution in [0.15, 0.2) is 0 Å². The van der Waals surface area contributed by atoms with Crippen molar-refractivity contribution in [1.29, 1.82) is 0 Å². The Morgan fingerprint density at radius 3 is 2.36 bits per heavy atom. The highest BCUT2D eigenvalue weighted by atomic mass is 16.7. The van der Waals surface area contributed by atoms with E-state index in [1.807, 2.05) is 0 Å². The normalized spacial score (nSPS) is 28.5. The maximum atomic E-state index is 11.3. The fraction of sp³-hybridized carbons (Fsp3) is 0.944. The molecule has 1 aliphatic heterocycles. The molecule has 1 rings (SSSR count). The quantitative estimate of drug-likeness (QED) is 0.445. The Balaban J connectivity index is 2.23. The summed E-state index contributed by atoms with van der Waals surface area (Å²) >= 11 is 0. The highest BCUT2D eigenvalue weighted by molar-refractivity contribution is 5.66. The molecule has 0 radical (unpaired) electrons. The van der Waals surface area contributed by atoms with Gasteiger partial charge < -0.3 is 14.2 Å². The van der Waals surface area contributed by atoms with Crippen molar-refractivity contribution in [2.45, 2.75) is 85.0 Å². The van der Waals surface area contributed by atoms with Crippen molar-refractivity contribution in [2.75, 3.05) is 13.2 Å². The van der Waals surface area contributed by atoms with Gasteiger partial charge in [-0.1, -0.05) is 59.3 Å². The standard InChI is InChI=1S/C18H34O4/c1-5-6-7-8-9-10-11-12-20-18-17(22-16(4)19)15(3)14(2)13-21-18/h14-15,17-18H,5-13H2,1-4H3/t14-,15+,17?,18-/m1/s1. The summed E-state index contributed by atoms with van der Waals surface area (Å²) in [6.07, 6.45) is 8.11. The molecule has 22 heavy (non-hydrogen) atoms. The van der Waals surface area contributed by atoms with Crippen LogP contribution in [0, 0.1) is 11.8 Å². The molecule has 0 aromatic rings. The second kappa shape index (κ2) is 11.0. The van der Waals surface area contributed by atoms with E-state index in [4.69, 9.17) is 14.2 Å². The molecule has 130 valence electrons. The van der Waals surface area contributed by atoms with Crippen LogP contribution in [-0.4, -0.2) is 31.6 Å². The van der Waals surface area contributed by atoms with Crippen molar-refractivity contribution in [1.82, 2.24) is 0 Å². The topological polar surface area (TPSA) is 44.8 Å². The highest BCUT2D eigenvalue weighted by Crippen LogP contribution is 2.29. The Labute approximate surface area is 135 Å². The van der Waals surface area contributed by atoms with E-state index in [2.05, 4.69) is 20.8 Å². The molecule has 1 unspecified atom stereocenters. The number of unbranched alkanes of at least 4 members (excludes halogenated alkanes) is 6. The van der Waals surface area contributed by atoms with Crippen LogP contribution < -0.4 is 0 Å². The first-order chi connectivity index (χ1) is 10.6. The van der Waals surface area contributed by atoms with Gasteiger partial charge in [0.2, 0.25) is 0 Å². The van der Waals surface area contributed by atoms with Gasteiger partial charge in [-0.05, 0) is 12.3 Å². The number of rotatable bonds is 10. The molecule has 0 amide bonds. The molecule has 4 atom stereocenters. The maximum Gasteiger partial charge on any atom is 0.303 e. The molecule has 1 fully saturated rings. The second-order valence-electron chi connectivity index (χ2n) is 6.60. The summed E-state index contributed by atoms with van der Waals surface area (Å²) in [6.45, 7) is 9.25. The fourth-order valence-corrected chi connectivity index (χ4v) is 2.82. The highest BCUT2D eigenvalue weighted by Gasteiger charge is 2.38. The van der Waals surface area contributed by atoms with E-state index in [0.717, 1.165) is 6.42 Å². The van der Waals surface area contributed by atoms with Crippen LogP contribution in [0.2, 0.25) is 0 Å². The van der Waals surface area contributed by atoms with Crippen LogP contribution >= 0.6 is 0 Å². The fourth-order valence-electron chi connectivity index (χ4n) is 2.82. The van der Waals surface area contributed by atoms with Crippen LogP contribution in [0.5, 0.6) is 0 Å². The number of carbonyl (C=O) groups is 1. The molecule has 0 aromatic carbocycles. The van der Waals surface area contributed by atoms with E-state index >= 15 is 0 Å². The van der Waals surface area contributed by atoms with Crippen LogP contribution in [0.1, 0.15) is 72.6 Å². The summed E-state index contributed by atoms with van der Waals surface area (Å²) in [7, 11) is 0. The lowest BCUT2D eigenvalue weighted by atomic mass is 9.88. The van der Waals surface area contributed by atoms with Crippen molar-refractivity contribution in [3.8, 4) is 0 Å². The third kappa shape index (κ3) is 7.10. The van der Waals surface area contributed by atoms with E-state index in [0.29, 0.717) is 19.1 Å². The Morgan fingerprint density at radius 2 is 1.73 bits per heavy atom. The SMILES string of the molecule is CCCCCCCCCO[C@@H]1OC[C@@H](C)[C@H](C)C1OC(C)=O. The van der Waals surface area contributed by atoms with Gasteiger partial charge in [0.25, 0.3) is 0 Å². The predicted molar refractivity (Wildman–Crippen MR) is 87.6 cm³/mol. The molecule has 0 bridgehead atoms. The first-order valence-corrected chi connectivity index (χ1v) is 8.96. The summed E-state index contributed by atoms with van der Waals surface area (Å²) in [5.41, 5.74) is 0. The zero-order valence-corrected chi connectivity index (χ0v) is 14.8. The minimum Gasteiger partial charge on any atom is -0.457 e. The van der Waals surface area contributed by atoms with Gasteiger partial charge in [0.15, 0.2) is 12.4 Å². The van der Waals surface area contributed by atoms with Crippen LogP contribution in [0.25, 0.3) is 0 Å². The average molecular weight is 314 g/mol. The molecule has 1 aliphatic rings. The molecule has 0 aromatic heterocycles. The largest absolute Gasteiger partial charge is 0.457 e. The first kappa shape index (κ1) is 19.4. The van der Waals surface area contributed by atoms with Gasteiger partial charge in [-0.3, -0.25) is 4.79 Å². The molecule has 0 saturated carbocycles. The number of ether oxygens (including phenoxy) is 3. The zero-order chi connectivity index (χ0) is 16.4. The number of esters is 1. The van der Waals surface area contributed by atoms with Crippen molar-refractivity contribution < 1.29 is 19.0 Å². The summed E-state index contributed by atoms with van der Waals surface area (Å²) < 4.78 is 17.0. The molecule has 1 heterocycles. The minimum atomic E-state index is -0.407. The lowest BCUT2D eigenvalue weighted by molar-refractivity contribution is -0.250. The first-order valence-electron chi connectivity index (χ1n) is 8.96. The van der Waals surface area contributed by atoms with Gasteiger partial charge in [-0.2, -0.15) is 0 Å². The van der Waals surface area contributed by atoms with Gasteiger partial charge in [-0.25, -0.2) is 0 Å². The van der Waals surface area contributed by atoms with Crippen molar-refractivity contribution in [3.05, 3.63) is 0 Å². The maximum absolute atomic E-state index is 11.3. The van der Waals surface area contributed by atoms with Crippen molar-refractivity contribution in [3.63, 3.8) is 0 Å². The molecule has 4 heteroatoms. The van der Waals surface area contributed by atoms with Gasteiger partial charge in [0.05, 0.1) is 6.61 Å². The number of carbonyl (C=O) groups excluding carboxylic acids is 1. The minimum absolute atomic E-state index is 0.261. The molecule has 0 N–H and O–H groups in total. The predicted octanol–water partition coefficient (Wildman–Crippen LogP) is 4.31. The Bertz CT molecular complexity index is 305. The van der Waals surface area contributed by atoms with Gasteiger partial charge in [0.1, 0.15) is 0 Å². The van der Waals surface area contributed by atoms with Crippen LogP contribution in [0.3, 0.4) is 0 Å². The molecular formula is C18H34O4. The molecule has 0 aliphatic carbocycles. The summed E-state index contributed by atoms with van der Waals surface area (Å²) in [5.74, 6) is 0.374.